The van der Waals surface area contributed by atoms with Gasteiger partial charge in [-0.2, -0.15) is 0 Å². The molecule has 1 saturated heterocycles. The minimum absolute atomic E-state index is 0.0641. The van der Waals surface area contributed by atoms with E-state index in [9.17, 15) is 9.59 Å². The van der Waals surface area contributed by atoms with Crippen molar-refractivity contribution in [2.75, 3.05) is 36.4 Å². The first kappa shape index (κ1) is 20.4. The molecule has 1 aromatic heterocycles. The van der Waals surface area contributed by atoms with E-state index >= 15 is 0 Å². The number of nitrogens with zero attached hydrogens (tertiary/aromatic N) is 2. The minimum Gasteiger partial charge on any atom is -0.368 e. The number of hydrogen-bond donors (Lipinski definition) is 1. The molecule has 2 aromatic carbocycles. The van der Waals surface area contributed by atoms with Crippen LogP contribution in [0.5, 0.6) is 0 Å². The largest absolute Gasteiger partial charge is 0.368 e. The molecule has 1 aliphatic heterocycles. The van der Waals surface area contributed by atoms with Crippen LogP contribution in [-0.4, -0.2) is 42.9 Å². The molecule has 2 heterocycles. The fourth-order valence-corrected chi connectivity index (χ4v) is 4.29. The molecular weight excluding hydrogens is 418 g/mol. The summed E-state index contributed by atoms with van der Waals surface area (Å²) in [7, 11) is 0. The molecule has 0 saturated carbocycles. The highest BCUT2D eigenvalue weighted by molar-refractivity contribution is 7.12. The van der Waals surface area contributed by atoms with Gasteiger partial charge in [-0.15, -0.1) is 11.3 Å². The number of piperazine rings is 1. The van der Waals surface area contributed by atoms with Gasteiger partial charge in [-0.25, -0.2) is 0 Å². The maximum Gasteiger partial charge on any atom is 0.264 e. The zero-order valence-electron chi connectivity index (χ0n) is 16.4. The van der Waals surface area contributed by atoms with Crippen molar-refractivity contribution in [3.05, 3.63) is 81.5 Å². The third kappa shape index (κ3) is 5.01. The zero-order valence-corrected chi connectivity index (χ0v) is 18.0. The van der Waals surface area contributed by atoms with Gasteiger partial charge in [0, 0.05) is 42.6 Å². The molecule has 154 valence electrons. The highest BCUT2D eigenvalue weighted by atomic mass is 35.5. The van der Waals surface area contributed by atoms with Gasteiger partial charge in [0.05, 0.1) is 11.3 Å². The predicted molar refractivity (Wildman–Crippen MR) is 123 cm³/mol. The molecule has 0 radical (unpaired) electrons. The molecule has 0 bridgehead atoms. The maximum atomic E-state index is 12.5. The Hall–Kier alpha value is -2.83. The number of anilines is 2. The lowest BCUT2D eigenvalue weighted by Crippen LogP contribution is -2.48. The summed E-state index contributed by atoms with van der Waals surface area (Å²) in [5.74, 6) is 0.0502. The summed E-state index contributed by atoms with van der Waals surface area (Å²) in [6.07, 6.45) is 0.305. The Morgan fingerprint density at radius 2 is 1.63 bits per heavy atom. The molecule has 30 heavy (non-hydrogen) atoms. The van der Waals surface area contributed by atoms with E-state index in [-0.39, 0.29) is 11.8 Å². The van der Waals surface area contributed by atoms with Crippen LogP contribution in [0.15, 0.2) is 66.0 Å². The van der Waals surface area contributed by atoms with E-state index in [1.807, 2.05) is 58.8 Å². The van der Waals surface area contributed by atoms with Gasteiger partial charge in [-0.1, -0.05) is 29.8 Å². The van der Waals surface area contributed by atoms with Crippen molar-refractivity contribution in [2.24, 2.45) is 0 Å². The highest BCUT2D eigenvalue weighted by Gasteiger charge is 2.22. The number of nitrogens with one attached hydrogen (secondary N) is 1. The van der Waals surface area contributed by atoms with Gasteiger partial charge in [0.2, 0.25) is 5.91 Å². The molecule has 1 N–H and O–H groups in total. The van der Waals surface area contributed by atoms with Crippen LogP contribution < -0.4 is 10.2 Å². The number of rotatable bonds is 5. The maximum absolute atomic E-state index is 12.5. The predicted octanol–water partition coefficient (Wildman–Crippen LogP) is 4.55. The first-order valence-corrected chi connectivity index (χ1v) is 11.1. The molecule has 7 heteroatoms. The molecule has 2 amide bonds. The van der Waals surface area contributed by atoms with Crippen LogP contribution in [-0.2, 0) is 11.2 Å². The lowest BCUT2D eigenvalue weighted by atomic mass is 10.1. The Kier molecular flexibility index (Phi) is 6.35. The van der Waals surface area contributed by atoms with Crippen molar-refractivity contribution in [1.82, 2.24) is 4.90 Å². The van der Waals surface area contributed by atoms with Crippen molar-refractivity contribution >= 4 is 46.1 Å². The van der Waals surface area contributed by atoms with Crippen LogP contribution in [0.1, 0.15) is 15.2 Å². The molecule has 1 aliphatic rings. The zero-order chi connectivity index (χ0) is 20.9. The van der Waals surface area contributed by atoms with Crippen LogP contribution in [0, 0.1) is 0 Å². The minimum atomic E-state index is -0.0641. The summed E-state index contributed by atoms with van der Waals surface area (Å²) in [4.78, 5) is 29.7. The first-order chi connectivity index (χ1) is 14.6. The molecule has 5 nitrogen and oxygen atoms in total. The molecule has 3 aromatic rings. The summed E-state index contributed by atoms with van der Waals surface area (Å²) < 4.78 is 0. The van der Waals surface area contributed by atoms with E-state index in [1.54, 1.807) is 12.1 Å². The molecular formula is C23H22ClN3O2S. The van der Waals surface area contributed by atoms with E-state index in [0.29, 0.717) is 24.5 Å². The number of benzene rings is 2. The van der Waals surface area contributed by atoms with Crippen LogP contribution >= 0.6 is 22.9 Å². The average Bonchev–Trinajstić information content (AvgIpc) is 3.30. The van der Waals surface area contributed by atoms with Crippen molar-refractivity contribution in [3.8, 4) is 0 Å². The Labute approximate surface area is 184 Å². The Morgan fingerprint density at radius 3 is 2.27 bits per heavy atom. The fraction of sp³-hybridized carbons (Fsp3) is 0.217. The van der Waals surface area contributed by atoms with Gasteiger partial charge in [-0.05, 0) is 53.4 Å². The number of carbonyl (C=O) groups excluding carboxylic acids is 2. The second-order valence-corrected chi connectivity index (χ2v) is 8.54. The quantitative estimate of drug-likeness (QED) is 0.634. The van der Waals surface area contributed by atoms with E-state index in [1.165, 1.54) is 11.3 Å². The Bertz CT molecular complexity index is 996. The van der Waals surface area contributed by atoms with Crippen LogP contribution in [0.2, 0.25) is 5.02 Å². The second-order valence-electron chi connectivity index (χ2n) is 7.15. The molecule has 0 atom stereocenters. The Morgan fingerprint density at radius 1 is 0.933 bits per heavy atom. The molecule has 1 fully saturated rings. The normalized spacial score (nSPS) is 13.9. The first-order valence-electron chi connectivity index (χ1n) is 9.80. The van der Waals surface area contributed by atoms with Crippen molar-refractivity contribution in [1.29, 1.82) is 0 Å². The number of amides is 2. The Balaban J connectivity index is 1.29. The van der Waals surface area contributed by atoms with Crippen molar-refractivity contribution in [2.45, 2.75) is 6.42 Å². The van der Waals surface area contributed by atoms with Crippen LogP contribution in [0.3, 0.4) is 0 Å². The third-order valence-electron chi connectivity index (χ3n) is 5.09. The van der Waals surface area contributed by atoms with Crippen LogP contribution in [0.25, 0.3) is 0 Å². The van der Waals surface area contributed by atoms with Gasteiger partial charge in [0.1, 0.15) is 0 Å². The smallest absolute Gasteiger partial charge is 0.264 e. The summed E-state index contributed by atoms with van der Waals surface area (Å²) in [5.41, 5.74) is 2.78. The summed E-state index contributed by atoms with van der Waals surface area (Å²) in [6.45, 7) is 2.99. The molecule has 0 unspecified atom stereocenters. The lowest BCUT2D eigenvalue weighted by molar-refractivity contribution is -0.115. The summed E-state index contributed by atoms with van der Waals surface area (Å²) in [5, 5.41) is 5.52. The van der Waals surface area contributed by atoms with Gasteiger partial charge in [0.25, 0.3) is 5.91 Å². The van der Waals surface area contributed by atoms with Gasteiger partial charge < -0.3 is 15.1 Å². The summed E-state index contributed by atoms with van der Waals surface area (Å²) >= 11 is 7.36. The van der Waals surface area contributed by atoms with Crippen molar-refractivity contribution < 1.29 is 9.59 Å². The lowest BCUT2D eigenvalue weighted by Gasteiger charge is -2.36. The van der Waals surface area contributed by atoms with E-state index < -0.39 is 0 Å². The number of halogens is 1. The molecule has 4 rings (SSSR count). The number of carbonyl (C=O) groups is 2. The SMILES string of the molecule is O=C(Cc1ccc(Cl)cc1)Nc1ccc(N2CCN(C(=O)c3cccs3)CC2)cc1. The second kappa shape index (κ2) is 9.32. The van der Waals surface area contributed by atoms with E-state index in [2.05, 4.69) is 10.2 Å². The van der Waals surface area contributed by atoms with Gasteiger partial charge in [-0.3, -0.25) is 9.59 Å². The van der Waals surface area contributed by atoms with E-state index in [4.69, 9.17) is 11.6 Å². The van der Waals surface area contributed by atoms with Gasteiger partial charge in [0.15, 0.2) is 0 Å². The number of thiophene rings is 1. The molecule has 0 aliphatic carbocycles. The number of hydrogen-bond acceptors (Lipinski definition) is 4. The molecule has 0 spiro atoms. The highest BCUT2D eigenvalue weighted by Crippen LogP contribution is 2.21. The fourth-order valence-electron chi connectivity index (χ4n) is 3.47. The monoisotopic (exact) mass is 439 g/mol. The average molecular weight is 440 g/mol. The van der Waals surface area contributed by atoms with E-state index in [0.717, 1.165) is 34.9 Å². The standard InChI is InChI=1S/C23H22ClN3O2S/c24-18-5-3-17(4-6-18)16-22(28)25-19-7-9-20(10-8-19)26-11-13-27(14-12-26)23(29)21-2-1-15-30-21/h1-10,15H,11-14,16H2,(H,25,28). The van der Waals surface area contributed by atoms with Crippen molar-refractivity contribution in [3.63, 3.8) is 0 Å². The summed E-state index contributed by atoms with van der Waals surface area (Å²) in [6, 6.07) is 18.9. The van der Waals surface area contributed by atoms with Crippen LogP contribution in [0.4, 0.5) is 11.4 Å². The topological polar surface area (TPSA) is 52.7 Å². The third-order valence-corrected chi connectivity index (χ3v) is 6.20. The van der Waals surface area contributed by atoms with Gasteiger partial charge >= 0.3 is 0 Å².